The normalized spacial score (nSPS) is 10.1. The van der Waals surface area contributed by atoms with Gasteiger partial charge in [-0.25, -0.2) is 0 Å². The van der Waals surface area contributed by atoms with Crippen LogP contribution in [0, 0.1) is 0 Å². The topological polar surface area (TPSA) is 60.8 Å². The maximum absolute atomic E-state index is 5.82. The van der Waals surface area contributed by atoms with E-state index in [1.54, 1.807) is 0 Å². The number of amidine groups is 1. The summed E-state index contributed by atoms with van der Waals surface area (Å²) in [5.74, 6) is 1.35. The maximum Gasteiger partial charge on any atom is 0.238 e. The molecule has 0 aliphatic carbocycles. The van der Waals surface area contributed by atoms with Crippen molar-refractivity contribution in [2.24, 2.45) is 5.73 Å². The Morgan fingerprint density at radius 3 is 2.42 bits per heavy atom. The summed E-state index contributed by atoms with van der Waals surface area (Å²) in [5.41, 5.74) is 7.69. The summed E-state index contributed by atoms with van der Waals surface area (Å²) < 4.78 is 5.82. The van der Waals surface area contributed by atoms with Crippen molar-refractivity contribution in [2.75, 3.05) is 6.61 Å². The van der Waals surface area contributed by atoms with Gasteiger partial charge in [0.15, 0.2) is 0 Å². The first kappa shape index (κ1) is 13.1. The summed E-state index contributed by atoms with van der Waals surface area (Å²) in [6.07, 6.45) is 1.51. The second kappa shape index (κ2) is 6.59. The number of benzene rings is 2. The number of hydrogen-bond acceptors (Lipinski definition) is 1. The van der Waals surface area contributed by atoms with E-state index in [1.807, 2.05) is 36.4 Å². The number of ether oxygens (including phenoxy) is 1. The Bertz CT molecular complexity index is 537. The first-order valence-corrected chi connectivity index (χ1v) is 6.41. The van der Waals surface area contributed by atoms with Crippen LogP contribution in [0.5, 0.6) is 5.75 Å². The van der Waals surface area contributed by atoms with Crippen molar-refractivity contribution in [3.8, 4) is 16.9 Å². The number of para-hydroxylation sites is 1. The predicted molar refractivity (Wildman–Crippen MR) is 77.7 cm³/mol. The Labute approximate surface area is 113 Å². The van der Waals surface area contributed by atoms with Crippen molar-refractivity contribution in [1.29, 1.82) is 0 Å². The van der Waals surface area contributed by atoms with Crippen LogP contribution in [-0.2, 0) is 0 Å². The zero-order chi connectivity index (χ0) is 13.5. The van der Waals surface area contributed by atoms with Crippen LogP contribution < -0.4 is 15.9 Å². The molecule has 3 heteroatoms. The molecule has 0 unspecified atom stereocenters. The Morgan fingerprint density at radius 1 is 1.00 bits per heavy atom. The van der Waals surface area contributed by atoms with Gasteiger partial charge in [-0.1, -0.05) is 48.5 Å². The Morgan fingerprint density at radius 2 is 1.68 bits per heavy atom. The molecule has 4 N–H and O–H groups in total. The van der Waals surface area contributed by atoms with E-state index in [1.165, 1.54) is 0 Å². The van der Waals surface area contributed by atoms with Gasteiger partial charge in [0, 0.05) is 5.56 Å². The van der Waals surface area contributed by atoms with Crippen molar-refractivity contribution in [3.05, 3.63) is 54.6 Å². The van der Waals surface area contributed by atoms with E-state index >= 15 is 0 Å². The van der Waals surface area contributed by atoms with Crippen LogP contribution in [0.2, 0.25) is 0 Å². The molecular formula is C16H19N2O+. The minimum absolute atomic E-state index is 0.458. The first-order valence-electron chi connectivity index (χ1n) is 6.41. The number of nitrogens with two attached hydrogens (primary N) is 2. The van der Waals surface area contributed by atoms with E-state index in [0.717, 1.165) is 23.3 Å². The van der Waals surface area contributed by atoms with Gasteiger partial charge in [0.2, 0.25) is 5.84 Å². The molecule has 0 saturated heterocycles. The molecule has 98 valence electrons. The van der Waals surface area contributed by atoms with Gasteiger partial charge >= 0.3 is 0 Å². The molecule has 19 heavy (non-hydrogen) atoms. The second-order valence-corrected chi connectivity index (χ2v) is 4.39. The van der Waals surface area contributed by atoms with E-state index in [2.05, 4.69) is 18.2 Å². The highest BCUT2D eigenvalue weighted by atomic mass is 16.5. The van der Waals surface area contributed by atoms with E-state index in [-0.39, 0.29) is 0 Å². The van der Waals surface area contributed by atoms with E-state index in [9.17, 15) is 0 Å². The fourth-order valence-electron chi connectivity index (χ4n) is 1.91. The van der Waals surface area contributed by atoms with Crippen LogP contribution in [-0.4, -0.2) is 12.4 Å². The lowest BCUT2D eigenvalue weighted by atomic mass is 10.1. The summed E-state index contributed by atoms with van der Waals surface area (Å²) in [6.45, 7) is 0.613. The van der Waals surface area contributed by atoms with Gasteiger partial charge in [0.1, 0.15) is 5.75 Å². The smallest absolute Gasteiger partial charge is 0.238 e. The fraction of sp³-hybridized carbons (Fsp3) is 0.188. The highest BCUT2D eigenvalue weighted by molar-refractivity contribution is 5.73. The van der Waals surface area contributed by atoms with Gasteiger partial charge in [0.05, 0.1) is 13.0 Å². The minimum atomic E-state index is 0.458. The molecule has 3 nitrogen and oxygen atoms in total. The molecule has 0 bridgehead atoms. The third-order valence-electron chi connectivity index (χ3n) is 2.84. The van der Waals surface area contributed by atoms with Crippen LogP contribution in [0.4, 0.5) is 0 Å². The zero-order valence-electron chi connectivity index (χ0n) is 10.9. The molecule has 2 rings (SSSR count). The van der Waals surface area contributed by atoms with Gasteiger partial charge in [-0.2, -0.15) is 0 Å². The Balaban J connectivity index is 2.07. The predicted octanol–water partition coefficient (Wildman–Crippen LogP) is 1.63. The highest BCUT2D eigenvalue weighted by Gasteiger charge is 2.05. The third-order valence-corrected chi connectivity index (χ3v) is 2.84. The van der Waals surface area contributed by atoms with Crippen molar-refractivity contribution in [3.63, 3.8) is 0 Å². The first-order chi connectivity index (χ1) is 9.27. The highest BCUT2D eigenvalue weighted by Crippen LogP contribution is 2.29. The average Bonchev–Trinajstić information content (AvgIpc) is 2.45. The molecule has 2 aromatic carbocycles. The standard InChI is InChI=1S/C16H18N2O/c17-16(18)11-6-12-19-15-10-5-4-9-14(15)13-7-2-1-3-8-13/h1-5,7-10H,6,11-12H2,(H3,17,18)/p+1. The molecule has 0 heterocycles. The average molecular weight is 255 g/mol. The van der Waals surface area contributed by atoms with Crippen LogP contribution in [0.1, 0.15) is 12.8 Å². The molecule has 2 aromatic rings. The molecule has 0 amide bonds. The molecule has 0 aliphatic rings. The van der Waals surface area contributed by atoms with Crippen LogP contribution in [0.3, 0.4) is 0 Å². The van der Waals surface area contributed by atoms with Crippen LogP contribution >= 0.6 is 0 Å². The van der Waals surface area contributed by atoms with Gasteiger partial charge in [0.25, 0.3) is 0 Å². The Hall–Kier alpha value is -2.29. The van der Waals surface area contributed by atoms with Gasteiger partial charge in [-0.05, 0) is 18.1 Å². The maximum atomic E-state index is 5.82. The fourth-order valence-corrected chi connectivity index (χ4v) is 1.91. The molecule has 0 atom stereocenters. The summed E-state index contributed by atoms with van der Waals surface area (Å²) in [4.78, 5) is 0. The summed E-state index contributed by atoms with van der Waals surface area (Å²) >= 11 is 0. The lowest BCUT2D eigenvalue weighted by molar-refractivity contribution is -0.118. The SMILES string of the molecule is NC(=[NH2+])CCCOc1ccccc1-c1ccccc1. The summed E-state index contributed by atoms with van der Waals surface area (Å²) in [5, 5.41) is 5.43. The van der Waals surface area contributed by atoms with Crippen LogP contribution in [0.15, 0.2) is 54.6 Å². The van der Waals surface area contributed by atoms with Crippen molar-refractivity contribution in [1.82, 2.24) is 0 Å². The second-order valence-electron chi connectivity index (χ2n) is 4.39. The molecule has 0 fully saturated rings. The van der Waals surface area contributed by atoms with Gasteiger partial charge in [-0.15, -0.1) is 0 Å². The van der Waals surface area contributed by atoms with Gasteiger partial charge < -0.3 is 4.74 Å². The Kier molecular flexibility index (Phi) is 4.56. The van der Waals surface area contributed by atoms with Gasteiger partial charge in [-0.3, -0.25) is 11.1 Å². The number of rotatable bonds is 6. The molecule has 0 saturated carbocycles. The van der Waals surface area contributed by atoms with E-state index in [4.69, 9.17) is 15.9 Å². The number of hydrogen-bond donors (Lipinski definition) is 2. The minimum Gasteiger partial charge on any atom is -0.493 e. The quantitative estimate of drug-likeness (QED) is 0.468. The molecule has 0 aromatic heterocycles. The van der Waals surface area contributed by atoms with Crippen molar-refractivity contribution in [2.45, 2.75) is 12.8 Å². The molecule has 0 radical (unpaired) electrons. The summed E-state index contributed by atoms with van der Waals surface area (Å²) in [7, 11) is 0. The monoisotopic (exact) mass is 255 g/mol. The lowest BCUT2D eigenvalue weighted by Gasteiger charge is -2.11. The largest absolute Gasteiger partial charge is 0.493 e. The van der Waals surface area contributed by atoms with Crippen molar-refractivity contribution < 1.29 is 10.1 Å². The third kappa shape index (κ3) is 3.85. The summed E-state index contributed by atoms with van der Waals surface area (Å²) in [6, 6.07) is 18.2. The molecule has 0 spiro atoms. The molecular weight excluding hydrogens is 236 g/mol. The van der Waals surface area contributed by atoms with E-state index < -0.39 is 0 Å². The molecule has 0 aliphatic heterocycles. The zero-order valence-corrected chi connectivity index (χ0v) is 10.9. The van der Waals surface area contributed by atoms with E-state index in [0.29, 0.717) is 18.9 Å². The van der Waals surface area contributed by atoms with Crippen molar-refractivity contribution >= 4 is 5.84 Å². The lowest BCUT2D eigenvalue weighted by Crippen LogP contribution is -2.45. The van der Waals surface area contributed by atoms with Crippen LogP contribution in [0.25, 0.3) is 11.1 Å².